The van der Waals surface area contributed by atoms with Crippen LogP contribution in [0.5, 0.6) is 0 Å². The number of nitrogens with one attached hydrogen (secondary N) is 1. The maximum absolute atomic E-state index is 12.6. The fourth-order valence-corrected chi connectivity index (χ4v) is 4.78. The molecular weight excluding hydrogens is 352 g/mol. The van der Waals surface area contributed by atoms with Gasteiger partial charge < -0.3 is 5.32 Å². The highest BCUT2D eigenvalue weighted by molar-refractivity contribution is 7.90. The molecule has 1 N–H and O–H groups in total. The third-order valence-electron chi connectivity index (χ3n) is 4.33. The van der Waals surface area contributed by atoms with Crippen molar-refractivity contribution < 1.29 is 13.2 Å². The van der Waals surface area contributed by atoms with E-state index in [-0.39, 0.29) is 22.9 Å². The number of pyridine rings is 1. The van der Waals surface area contributed by atoms with Gasteiger partial charge in [0.25, 0.3) is 5.91 Å². The molecule has 0 atom stereocenters. The van der Waals surface area contributed by atoms with Crippen LogP contribution in [0.15, 0.2) is 53.6 Å². The number of amides is 1. The van der Waals surface area contributed by atoms with E-state index in [9.17, 15) is 13.2 Å². The second-order valence-electron chi connectivity index (χ2n) is 6.06. The van der Waals surface area contributed by atoms with Crippen LogP contribution < -0.4 is 5.32 Å². The van der Waals surface area contributed by atoms with E-state index in [1.165, 1.54) is 0 Å². The molecule has 0 radical (unpaired) electrons. The average molecular weight is 368 g/mol. The molecule has 0 unspecified atom stereocenters. The summed E-state index contributed by atoms with van der Waals surface area (Å²) < 4.78 is 26.8. The number of sulfone groups is 1. The van der Waals surface area contributed by atoms with E-state index in [0.29, 0.717) is 22.5 Å². The van der Waals surface area contributed by atoms with Crippen molar-refractivity contribution in [1.29, 1.82) is 0 Å². The predicted molar refractivity (Wildman–Crippen MR) is 94.9 cm³/mol. The molecule has 1 aliphatic heterocycles. The lowest BCUT2D eigenvalue weighted by molar-refractivity contribution is 0.0944. The van der Waals surface area contributed by atoms with Crippen molar-refractivity contribution in [2.45, 2.75) is 17.2 Å². The zero-order valence-electron chi connectivity index (χ0n) is 14.0. The summed E-state index contributed by atoms with van der Waals surface area (Å²) in [6.45, 7) is 0.244. The number of benzene rings is 1. The summed E-state index contributed by atoms with van der Waals surface area (Å²) in [7, 11) is -1.80. The van der Waals surface area contributed by atoms with E-state index < -0.39 is 15.7 Å². The van der Waals surface area contributed by atoms with Gasteiger partial charge >= 0.3 is 0 Å². The molecule has 0 aliphatic carbocycles. The van der Waals surface area contributed by atoms with E-state index >= 15 is 0 Å². The molecular formula is C18H16N4O3S. The van der Waals surface area contributed by atoms with Crippen LogP contribution in [-0.4, -0.2) is 29.1 Å². The number of aryl methyl sites for hydroxylation is 1. The number of rotatable bonds is 3. The lowest BCUT2D eigenvalue weighted by Crippen LogP contribution is -2.25. The lowest BCUT2D eigenvalue weighted by Gasteiger charge is -2.17. The first-order chi connectivity index (χ1) is 12.5. The quantitative estimate of drug-likeness (QED) is 0.759. The number of hydrogen-bond donors (Lipinski definition) is 1. The number of nitrogens with zero attached hydrogens (tertiary/aromatic N) is 3. The molecule has 4 rings (SSSR count). The first kappa shape index (κ1) is 16.5. The highest BCUT2D eigenvalue weighted by Gasteiger charge is 2.34. The number of carbonyl (C=O) groups excluding carboxylic acids is 1. The molecule has 0 saturated heterocycles. The van der Waals surface area contributed by atoms with Crippen molar-refractivity contribution in [1.82, 2.24) is 20.1 Å². The lowest BCUT2D eigenvalue weighted by atomic mass is 10.1. The third-order valence-corrected chi connectivity index (χ3v) is 6.02. The van der Waals surface area contributed by atoms with Crippen molar-refractivity contribution >= 4 is 15.7 Å². The third kappa shape index (κ3) is 2.68. The van der Waals surface area contributed by atoms with E-state index in [2.05, 4.69) is 15.4 Å². The molecule has 0 fully saturated rings. The molecule has 0 bridgehead atoms. The first-order valence-corrected chi connectivity index (χ1v) is 9.69. The van der Waals surface area contributed by atoms with Crippen LogP contribution in [0.2, 0.25) is 0 Å². The summed E-state index contributed by atoms with van der Waals surface area (Å²) in [5, 5.41) is 7.05. The molecule has 8 heteroatoms. The van der Waals surface area contributed by atoms with Crippen molar-refractivity contribution in [3.8, 4) is 11.3 Å². The molecule has 1 aromatic carbocycles. The number of aromatic nitrogens is 3. The SMILES string of the molecule is Cn1nc(C(=O)NCc2ccccn2)c2c1-c1ccccc1S(=O)(=O)C2. The summed E-state index contributed by atoms with van der Waals surface area (Å²) >= 11 is 0. The Morgan fingerprint density at radius 1 is 1.19 bits per heavy atom. The van der Waals surface area contributed by atoms with Gasteiger partial charge in [-0.15, -0.1) is 0 Å². The van der Waals surface area contributed by atoms with Crippen molar-refractivity contribution in [2.75, 3.05) is 0 Å². The Morgan fingerprint density at radius 3 is 2.73 bits per heavy atom. The second-order valence-corrected chi connectivity index (χ2v) is 8.02. The minimum atomic E-state index is -3.51. The Bertz CT molecular complexity index is 1100. The smallest absolute Gasteiger partial charge is 0.272 e. The summed E-state index contributed by atoms with van der Waals surface area (Å²) in [5.74, 6) is -0.651. The summed E-state index contributed by atoms with van der Waals surface area (Å²) in [6.07, 6.45) is 1.65. The Hall–Kier alpha value is -3.00. The zero-order valence-corrected chi connectivity index (χ0v) is 14.8. The molecule has 2 aromatic heterocycles. The molecule has 0 spiro atoms. The Balaban J connectivity index is 1.72. The Morgan fingerprint density at radius 2 is 1.96 bits per heavy atom. The molecule has 3 aromatic rings. The Labute approximate surface area is 150 Å². The molecule has 1 aliphatic rings. The van der Waals surface area contributed by atoms with Crippen LogP contribution in [0.4, 0.5) is 0 Å². The van der Waals surface area contributed by atoms with Gasteiger partial charge in [-0.1, -0.05) is 24.3 Å². The van der Waals surface area contributed by atoms with Crippen molar-refractivity contribution in [3.05, 3.63) is 65.6 Å². The number of hydrogen-bond acceptors (Lipinski definition) is 5. The molecule has 1 amide bonds. The predicted octanol–water partition coefficient (Wildman–Crippen LogP) is 1.70. The van der Waals surface area contributed by atoms with Crippen LogP contribution in [0, 0.1) is 0 Å². The maximum Gasteiger partial charge on any atom is 0.272 e. The van der Waals surface area contributed by atoms with Gasteiger partial charge in [-0.05, 0) is 18.2 Å². The molecule has 26 heavy (non-hydrogen) atoms. The van der Waals surface area contributed by atoms with Gasteiger partial charge in [0.1, 0.15) is 0 Å². The minimum absolute atomic E-state index is 0.136. The standard InChI is InChI=1S/C18H16N4O3S/c1-22-17-13-7-2-3-8-15(13)26(24,25)11-14(17)16(21-22)18(23)20-10-12-6-4-5-9-19-12/h2-9H,10-11H2,1H3,(H,20,23). The summed E-state index contributed by atoms with van der Waals surface area (Å²) in [4.78, 5) is 17.0. The van der Waals surface area contributed by atoms with Gasteiger partial charge in [0, 0.05) is 24.4 Å². The van der Waals surface area contributed by atoms with Gasteiger partial charge in [0.2, 0.25) is 0 Å². The summed E-state index contributed by atoms with van der Waals surface area (Å²) in [6, 6.07) is 12.2. The average Bonchev–Trinajstić information content (AvgIpc) is 2.96. The molecule has 0 saturated carbocycles. The second kappa shape index (κ2) is 6.06. The normalized spacial score (nSPS) is 14.3. The highest BCUT2D eigenvalue weighted by atomic mass is 32.2. The van der Waals surface area contributed by atoms with Crippen LogP contribution >= 0.6 is 0 Å². The van der Waals surface area contributed by atoms with Gasteiger partial charge in [-0.25, -0.2) is 8.42 Å². The maximum atomic E-state index is 12.6. The van der Waals surface area contributed by atoms with E-state index in [1.807, 2.05) is 6.07 Å². The van der Waals surface area contributed by atoms with Gasteiger partial charge in [0.15, 0.2) is 15.5 Å². The Kier molecular flexibility index (Phi) is 3.84. The fraction of sp³-hybridized carbons (Fsp3) is 0.167. The fourth-order valence-electron chi connectivity index (χ4n) is 3.18. The van der Waals surface area contributed by atoms with Gasteiger partial charge in [0.05, 0.1) is 28.6 Å². The van der Waals surface area contributed by atoms with E-state index in [0.717, 1.165) is 0 Å². The van der Waals surface area contributed by atoms with Crippen molar-refractivity contribution in [2.24, 2.45) is 7.05 Å². The molecule has 7 nitrogen and oxygen atoms in total. The molecule has 3 heterocycles. The minimum Gasteiger partial charge on any atom is -0.345 e. The van der Waals surface area contributed by atoms with Crippen LogP contribution in [-0.2, 0) is 29.2 Å². The van der Waals surface area contributed by atoms with Gasteiger partial charge in [-0.2, -0.15) is 5.10 Å². The monoisotopic (exact) mass is 368 g/mol. The largest absolute Gasteiger partial charge is 0.345 e. The van der Waals surface area contributed by atoms with Gasteiger partial charge in [-0.3, -0.25) is 14.5 Å². The van der Waals surface area contributed by atoms with E-state index in [4.69, 9.17) is 0 Å². The number of fused-ring (bicyclic) bond motifs is 3. The number of carbonyl (C=O) groups is 1. The first-order valence-electron chi connectivity index (χ1n) is 8.03. The zero-order chi connectivity index (χ0) is 18.3. The molecule has 132 valence electrons. The van der Waals surface area contributed by atoms with Crippen LogP contribution in [0.3, 0.4) is 0 Å². The van der Waals surface area contributed by atoms with E-state index in [1.54, 1.807) is 54.3 Å². The van der Waals surface area contributed by atoms with Crippen LogP contribution in [0.25, 0.3) is 11.3 Å². The summed E-state index contributed by atoms with van der Waals surface area (Å²) in [5.41, 5.74) is 2.52. The van der Waals surface area contributed by atoms with Crippen LogP contribution in [0.1, 0.15) is 21.7 Å². The van der Waals surface area contributed by atoms with Crippen molar-refractivity contribution in [3.63, 3.8) is 0 Å². The topological polar surface area (TPSA) is 93.9 Å². The highest BCUT2D eigenvalue weighted by Crippen LogP contribution is 2.38.